The largest absolute Gasteiger partial charge is 0.436 e. The summed E-state index contributed by atoms with van der Waals surface area (Å²) in [5.74, 6) is 0.546. The second-order valence-electron chi connectivity index (χ2n) is 7.08. The zero-order chi connectivity index (χ0) is 17.8. The number of carbonyl (C=O) groups excluding carboxylic acids is 2. The normalized spacial score (nSPS) is 21.5. The number of oxazole rings is 1. The average molecular weight is 348 g/mol. The molecular weight excluding hydrogens is 320 g/mol. The highest BCUT2D eigenvalue weighted by Gasteiger charge is 2.33. The number of hydrogen-bond acceptors (Lipinski definition) is 5. The average Bonchev–Trinajstić information content (AvgIpc) is 3.22. The zero-order valence-corrected chi connectivity index (χ0v) is 15.2. The molecule has 25 heavy (non-hydrogen) atoms. The number of amides is 2. The molecule has 1 N–H and O–H groups in total. The van der Waals surface area contributed by atoms with E-state index in [9.17, 15) is 9.59 Å². The molecular formula is C18H28N4O3. The fraction of sp³-hybridized carbons (Fsp3) is 0.722. The van der Waals surface area contributed by atoms with E-state index in [0.717, 1.165) is 19.6 Å². The number of nitrogens with zero attached hydrogens (tertiary/aromatic N) is 3. The Kier molecular flexibility index (Phi) is 5.73. The van der Waals surface area contributed by atoms with E-state index in [0.29, 0.717) is 43.4 Å². The third kappa shape index (κ3) is 4.39. The second kappa shape index (κ2) is 7.99. The minimum atomic E-state index is -0.165. The molecule has 0 radical (unpaired) electrons. The molecule has 2 fully saturated rings. The summed E-state index contributed by atoms with van der Waals surface area (Å²) in [6, 6.07) is 0. The van der Waals surface area contributed by atoms with Gasteiger partial charge in [0.1, 0.15) is 0 Å². The fourth-order valence-electron chi connectivity index (χ4n) is 3.70. The molecule has 2 saturated heterocycles. The summed E-state index contributed by atoms with van der Waals surface area (Å²) in [6.07, 6.45) is 4.54. The van der Waals surface area contributed by atoms with Gasteiger partial charge in [-0.15, -0.1) is 0 Å². The third-order valence-corrected chi connectivity index (χ3v) is 5.12. The van der Waals surface area contributed by atoms with E-state index in [1.807, 2.05) is 0 Å². The Bertz CT molecular complexity index is 622. The first kappa shape index (κ1) is 17.9. The molecule has 7 nitrogen and oxygen atoms in total. The summed E-state index contributed by atoms with van der Waals surface area (Å²) in [6.45, 7) is 8.41. The molecule has 1 aromatic rings. The van der Waals surface area contributed by atoms with Crippen molar-refractivity contribution in [2.45, 2.75) is 39.5 Å². The van der Waals surface area contributed by atoms with Gasteiger partial charge in [0.05, 0.1) is 11.6 Å². The van der Waals surface area contributed by atoms with Crippen LogP contribution in [0.15, 0.2) is 4.42 Å². The van der Waals surface area contributed by atoms with Crippen LogP contribution in [0.5, 0.6) is 0 Å². The first-order valence-electron chi connectivity index (χ1n) is 9.28. The topological polar surface area (TPSA) is 78.7 Å². The molecule has 3 heterocycles. The van der Waals surface area contributed by atoms with Crippen LogP contribution >= 0.6 is 0 Å². The van der Waals surface area contributed by atoms with Gasteiger partial charge in [-0.05, 0) is 39.3 Å². The number of aromatic nitrogens is 1. The first-order chi connectivity index (χ1) is 12.0. The van der Waals surface area contributed by atoms with Gasteiger partial charge in [-0.2, -0.15) is 0 Å². The van der Waals surface area contributed by atoms with E-state index in [1.54, 1.807) is 18.7 Å². The highest BCUT2D eigenvalue weighted by Crippen LogP contribution is 2.21. The maximum atomic E-state index is 12.5. The van der Waals surface area contributed by atoms with Gasteiger partial charge in [0, 0.05) is 33.1 Å². The van der Waals surface area contributed by atoms with Crippen molar-refractivity contribution in [1.29, 1.82) is 0 Å². The van der Waals surface area contributed by atoms with E-state index >= 15 is 0 Å². The van der Waals surface area contributed by atoms with Crippen LogP contribution in [0.4, 0.5) is 0 Å². The molecule has 2 amide bonds. The van der Waals surface area contributed by atoms with Gasteiger partial charge in [-0.25, -0.2) is 4.98 Å². The van der Waals surface area contributed by atoms with Crippen molar-refractivity contribution in [3.63, 3.8) is 0 Å². The van der Waals surface area contributed by atoms with Crippen LogP contribution in [0, 0.1) is 19.8 Å². The number of nitrogens with one attached hydrogen (secondary N) is 1. The monoisotopic (exact) mass is 348 g/mol. The number of hydrogen-bond donors (Lipinski definition) is 1. The highest BCUT2D eigenvalue weighted by atomic mass is 16.4. The van der Waals surface area contributed by atoms with Gasteiger partial charge in [0.2, 0.25) is 11.7 Å². The number of rotatable bonds is 5. The number of likely N-dealkylation sites (tertiary alicyclic amines) is 2. The lowest BCUT2D eigenvalue weighted by Crippen LogP contribution is -2.40. The van der Waals surface area contributed by atoms with E-state index in [-0.39, 0.29) is 17.7 Å². The molecule has 2 aliphatic rings. The quantitative estimate of drug-likeness (QED) is 0.869. The van der Waals surface area contributed by atoms with Gasteiger partial charge in [-0.3, -0.25) is 9.59 Å². The fourth-order valence-corrected chi connectivity index (χ4v) is 3.70. The molecule has 0 aromatic carbocycles. The summed E-state index contributed by atoms with van der Waals surface area (Å²) in [5, 5.41) is 3.03. The van der Waals surface area contributed by atoms with Crippen LogP contribution in [0.25, 0.3) is 0 Å². The summed E-state index contributed by atoms with van der Waals surface area (Å²) in [5.41, 5.74) is 0.608. The SMILES string of the molecule is Cc1nc(C)c(C(=O)N2CCC(C(=O)NCCN3CCCCC3)C2)o1. The Hall–Kier alpha value is -1.89. The standard InChI is InChI=1S/C18H28N4O3/c1-13-16(25-14(2)20-13)18(24)22-10-6-15(12-22)17(23)19-7-11-21-8-4-3-5-9-21/h15H,3-12H2,1-2H3,(H,19,23). The lowest BCUT2D eigenvalue weighted by Gasteiger charge is -2.26. The van der Waals surface area contributed by atoms with Crippen molar-refractivity contribution < 1.29 is 14.0 Å². The first-order valence-corrected chi connectivity index (χ1v) is 9.28. The third-order valence-electron chi connectivity index (χ3n) is 5.12. The van der Waals surface area contributed by atoms with Crippen molar-refractivity contribution in [1.82, 2.24) is 20.1 Å². The second-order valence-corrected chi connectivity index (χ2v) is 7.08. The minimum Gasteiger partial charge on any atom is -0.436 e. The Morgan fingerprint density at radius 2 is 1.96 bits per heavy atom. The molecule has 138 valence electrons. The van der Waals surface area contributed by atoms with Crippen LogP contribution in [0.1, 0.15) is 47.8 Å². The van der Waals surface area contributed by atoms with E-state index in [4.69, 9.17) is 4.42 Å². The molecule has 2 aliphatic heterocycles. The lowest BCUT2D eigenvalue weighted by atomic mass is 10.1. The van der Waals surface area contributed by atoms with E-state index in [2.05, 4.69) is 15.2 Å². The molecule has 0 aliphatic carbocycles. The van der Waals surface area contributed by atoms with E-state index in [1.165, 1.54) is 19.3 Å². The van der Waals surface area contributed by atoms with Crippen molar-refractivity contribution >= 4 is 11.8 Å². The maximum absolute atomic E-state index is 12.5. The number of aryl methyl sites for hydroxylation is 2. The number of piperidine rings is 1. The van der Waals surface area contributed by atoms with Crippen molar-refractivity contribution in [3.05, 3.63) is 17.3 Å². The maximum Gasteiger partial charge on any atom is 0.291 e. The number of carbonyl (C=O) groups is 2. The molecule has 0 saturated carbocycles. The predicted molar refractivity (Wildman–Crippen MR) is 93.3 cm³/mol. The van der Waals surface area contributed by atoms with Gasteiger partial charge < -0.3 is 19.5 Å². The van der Waals surface area contributed by atoms with Crippen LogP contribution in [-0.4, -0.2) is 65.9 Å². The van der Waals surface area contributed by atoms with Crippen molar-refractivity contribution in [2.75, 3.05) is 39.3 Å². The summed E-state index contributed by atoms with van der Waals surface area (Å²) in [4.78, 5) is 33.1. The predicted octanol–water partition coefficient (Wildman–Crippen LogP) is 1.36. The Morgan fingerprint density at radius 3 is 2.64 bits per heavy atom. The Morgan fingerprint density at radius 1 is 1.20 bits per heavy atom. The molecule has 0 bridgehead atoms. The van der Waals surface area contributed by atoms with Crippen molar-refractivity contribution in [2.24, 2.45) is 5.92 Å². The molecule has 7 heteroatoms. The van der Waals surface area contributed by atoms with Gasteiger partial charge in [0.25, 0.3) is 5.91 Å². The summed E-state index contributed by atoms with van der Waals surface area (Å²) < 4.78 is 5.41. The van der Waals surface area contributed by atoms with E-state index < -0.39 is 0 Å². The van der Waals surface area contributed by atoms with Crippen LogP contribution in [0.2, 0.25) is 0 Å². The molecule has 1 aromatic heterocycles. The lowest BCUT2D eigenvalue weighted by molar-refractivity contribution is -0.124. The Labute approximate surface area is 148 Å². The molecule has 3 rings (SSSR count). The Balaban J connectivity index is 1.44. The zero-order valence-electron chi connectivity index (χ0n) is 15.2. The van der Waals surface area contributed by atoms with Crippen LogP contribution in [-0.2, 0) is 4.79 Å². The van der Waals surface area contributed by atoms with Gasteiger partial charge in [0.15, 0.2) is 5.89 Å². The molecule has 1 unspecified atom stereocenters. The molecule has 0 spiro atoms. The highest BCUT2D eigenvalue weighted by molar-refractivity contribution is 5.93. The minimum absolute atomic E-state index is 0.0535. The van der Waals surface area contributed by atoms with Crippen molar-refractivity contribution in [3.8, 4) is 0 Å². The summed E-state index contributed by atoms with van der Waals surface area (Å²) in [7, 11) is 0. The molecule has 1 atom stereocenters. The summed E-state index contributed by atoms with van der Waals surface area (Å²) >= 11 is 0. The van der Waals surface area contributed by atoms with Crippen LogP contribution < -0.4 is 5.32 Å². The smallest absolute Gasteiger partial charge is 0.291 e. The van der Waals surface area contributed by atoms with Crippen LogP contribution in [0.3, 0.4) is 0 Å². The van der Waals surface area contributed by atoms with Gasteiger partial charge >= 0.3 is 0 Å². The van der Waals surface area contributed by atoms with Gasteiger partial charge in [-0.1, -0.05) is 6.42 Å².